The fourth-order valence-electron chi connectivity index (χ4n) is 5.37. The van der Waals surface area contributed by atoms with Crippen molar-refractivity contribution in [2.75, 3.05) is 32.6 Å². The molecule has 1 aromatic heterocycles. The third kappa shape index (κ3) is 7.93. The van der Waals surface area contributed by atoms with Crippen molar-refractivity contribution in [2.24, 2.45) is 5.92 Å². The number of carbonyl (C=O) groups excluding carboxylic acids is 2. The van der Waals surface area contributed by atoms with Crippen LogP contribution in [-0.4, -0.2) is 71.9 Å². The molecule has 0 bridgehead atoms. The molecule has 2 fully saturated rings. The van der Waals surface area contributed by atoms with Crippen molar-refractivity contribution in [3.63, 3.8) is 0 Å². The molecule has 1 spiro atoms. The Morgan fingerprint density at radius 3 is 2.36 bits per heavy atom. The van der Waals surface area contributed by atoms with Gasteiger partial charge in [0.1, 0.15) is 17.6 Å². The minimum absolute atomic E-state index is 0. The number of nitrogen functional groups attached to an aromatic ring is 1. The number of benzene rings is 2. The lowest BCUT2D eigenvalue weighted by Gasteiger charge is -2.30. The molecular formula is C29H34Cl2F3N5O6. The molecule has 11 nitrogen and oxygen atoms in total. The number of H-pyrrole nitrogens is 1. The molecule has 2 aliphatic heterocycles. The summed E-state index contributed by atoms with van der Waals surface area (Å²) in [4.78, 5) is 35.2. The largest absolute Gasteiger partial charge is 0.573 e. The van der Waals surface area contributed by atoms with Gasteiger partial charge in [-0.05, 0) is 29.2 Å². The summed E-state index contributed by atoms with van der Waals surface area (Å²) in [5.74, 6) is -1.46. The van der Waals surface area contributed by atoms with Gasteiger partial charge < -0.3 is 39.9 Å². The van der Waals surface area contributed by atoms with Gasteiger partial charge in [-0.3, -0.25) is 4.79 Å². The van der Waals surface area contributed by atoms with E-state index in [-0.39, 0.29) is 54.4 Å². The predicted octanol–water partition coefficient (Wildman–Crippen LogP) is 5.47. The van der Waals surface area contributed by atoms with Crippen molar-refractivity contribution in [1.29, 1.82) is 0 Å². The Labute approximate surface area is 269 Å². The molecule has 0 radical (unpaired) electrons. The Morgan fingerprint density at radius 1 is 1.11 bits per heavy atom. The second-order valence-corrected chi connectivity index (χ2v) is 10.7. The summed E-state index contributed by atoms with van der Waals surface area (Å²) in [6, 6.07) is 9.49. The monoisotopic (exact) mass is 675 g/mol. The van der Waals surface area contributed by atoms with E-state index in [0.29, 0.717) is 42.3 Å². The van der Waals surface area contributed by atoms with Crippen LogP contribution in [0.4, 0.5) is 23.7 Å². The van der Waals surface area contributed by atoms with Crippen molar-refractivity contribution in [3.8, 4) is 28.1 Å². The van der Waals surface area contributed by atoms with Gasteiger partial charge >= 0.3 is 12.5 Å². The Balaban J connectivity index is 0.00000276. The number of aromatic amines is 1. The molecule has 4 N–H and O–H groups in total. The fourth-order valence-corrected chi connectivity index (χ4v) is 5.37. The third-order valence-electron chi connectivity index (χ3n) is 7.43. The van der Waals surface area contributed by atoms with Crippen LogP contribution in [0.15, 0.2) is 48.7 Å². The Bertz CT molecular complexity index is 1480. The summed E-state index contributed by atoms with van der Waals surface area (Å²) in [5.41, 5.74) is 7.87. The topological polar surface area (TPSA) is 141 Å². The van der Waals surface area contributed by atoms with Crippen LogP contribution in [0.1, 0.15) is 32.1 Å². The molecule has 0 unspecified atom stereocenters. The van der Waals surface area contributed by atoms with E-state index >= 15 is 0 Å². The van der Waals surface area contributed by atoms with E-state index < -0.39 is 36.1 Å². The molecule has 2 atom stereocenters. The van der Waals surface area contributed by atoms with Crippen LogP contribution in [0.2, 0.25) is 0 Å². The zero-order valence-electron chi connectivity index (χ0n) is 24.6. The smallest absolute Gasteiger partial charge is 0.453 e. The summed E-state index contributed by atoms with van der Waals surface area (Å²) in [6.07, 6.45) is -3.65. The van der Waals surface area contributed by atoms with Gasteiger partial charge in [-0.25, -0.2) is 9.78 Å². The van der Waals surface area contributed by atoms with E-state index in [1.165, 1.54) is 19.2 Å². The van der Waals surface area contributed by atoms with E-state index in [1.54, 1.807) is 35.4 Å². The van der Waals surface area contributed by atoms with Gasteiger partial charge in [0, 0.05) is 23.7 Å². The maximum atomic E-state index is 13.8. The van der Waals surface area contributed by atoms with Crippen molar-refractivity contribution in [3.05, 3.63) is 54.5 Å². The lowest BCUT2D eigenvalue weighted by molar-refractivity contribution is -0.274. The standard InChI is InChI=1S/C29H32F3N5O6.2ClH/c1-16(2)24(36-27(39)40-3)26(38)37-15-28(41-10-11-42-28)13-22(37)25-34-14-21(35-25)18-6-4-17(5-7-18)20-9-8-19(33)12-23(20)43-29(30,31)32;;/h4-9,12,14,16,22,24H,10-11,13,15,33H2,1-3H3,(H,34,35)(H,36,39);2*1H/t22-,24-;;/m0../s1. The number of rotatable bonds is 7. The van der Waals surface area contributed by atoms with Crippen molar-refractivity contribution < 1.29 is 41.7 Å². The molecule has 0 saturated carbocycles. The number of halogens is 5. The van der Waals surface area contributed by atoms with Crippen LogP contribution in [0.5, 0.6) is 5.75 Å². The van der Waals surface area contributed by atoms with Gasteiger partial charge in [0.05, 0.1) is 44.8 Å². The van der Waals surface area contributed by atoms with Crippen molar-refractivity contribution in [2.45, 2.75) is 44.5 Å². The number of alkyl carbamates (subject to hydrolysis) is 1. The summed E-state index contributed by atoms with van der Waals surface area (Å²) in [7, 11) is 1.23. The number of nitrogens with two attached hydrogens (primary N) is 1. The predicted molar refractivity (Wildman–Crippen MR) is 163 cm³/mol. The SMILES string of the molecule is COC(=O)N[C@H](C(=O)N1CC2(C[C@H]1c1ncc(-c3ccc(-c4ccc(N)cc4OC(F)(F)F)cc3)[nH]1)OCCO2)C(C)C.Cl.Cl. The first-order valence-electron chi connectivity index (χ1n) is 13.6. The highest BCUT2D eigenvalue weighted by molar-refractivity contribution is 5.87. The zero-order chi connectivity index (χ0) is 30.9. The lowest BCUT2D eigenvalue weighted by atomic mass is 10.0. The van der Waals surface area contributed by atoms with Gasteiger partial charge in [-0.1, -0.05) is 38.1 Å². The number of carbonyl (C=O) groups is 2. The quantitative estimate of drug-likeness (QED) is 0.280. The first kappa shape index (κ1) is 35.8. The van der Waals surface area contributed by atoms with Crippen LogP contribution in [0.25, 0.3) is 22.4 Å². The minimum atomic E-state index is -4.87. The number of amides is 2. The molecule has 45 heavy (non-hydrogen) atoms. The molecule has 2 saturated heterocycles. The number of aromatic nitrogens is 2. The number of likely N-dealkylation sites (tertiary alicyclic amines) is 1. The summed E-state index contributed by atoms with van der Waals surface area (Å²) >= 11 is 0. The highest BCUT2D eigenvalue weighted by Gasteiger charge is 2.52. The number of hydrogen-bond acceptors (Lipinski definition) is 8. The maximum absolute atomic E-state index is 13.8. The third-order valence-corrected chi connectivity index (χ3v) is 7.43. The average molecular weight is 677 g/mol. The van der Waals surface area contributed by atoms with Gasteiger partial charge in [0.15, 0.2) is 5.79 Å². The van der Waals surface area contributed by atoms with E-state index in [0.717, 1.165) is 6.07 Å². The highest BCUT2D eigenvalue weighted by Crippen LogP contribution is 2.43. The normalized spacial score (nSPS) is 17.8. The van der Waals surface area contributed by atoms with Crippen molar-refractivity contribution in [1.82, 2.24) is 20.2 Å². The van der Waals surface area contributed by atoms with E-state index in [1.807, 2.05) is 13.8 Å². The number of anilines is 1. The van der Waals surface area contributed by atoms with Gasteiger partial charge in [0.25, 0.3) is 0 Å². The average Bonchev–Trinajstić information content (AvgIpc) is 3.71. The summed E-state index contributed by atoms with van der Waals surface area (Å²) in [6.45, 7) is 4.57. The highest BCUT2D eigenvalue weighted by atomic mass is 35.5. The molecule has 2 amide bonds. The molecule has 5 rings (SSSR count). The molecule has 0 aliphatic carbocycles. The fraction of sp³-hybridized carbons (Fsp3) is 0.414. The van der Waals surface area contributed by atoms with Crippen LogP contribution in [-0.2, 0) is 19.0 Å². The zero-order valence-corrected chi connectivity index (χ0v) is 26.2. The van der Waals surface area contributed by atoms with E-state index in [2.05, 4.69) is 20.0 Å². The Kier molecular flexibility index (Phi) is 11.2. The van der Waals surface area contributed by atoms with Crippen LogP contribution >= 0.6 is 24.8 Å². The lowest BCUT2D eigenvalue weighted by Crippen LogP contribution is -2.52. The van der Waals surface area contributed by atoms with Crippen LogP contribution in [0.3, 0.4) is 0 Å². The number of alkyl halides is 3. The molecule has 2 aliphatic rings. The number of nitrogens with zero attached hydrogens (tertiary/aromatic N) is 2. The van der Waals surface area contributed by atoms with Gasteiger partial charge in [-0.2, -0.15) is 0 Å². The summed E-state index contributed by atoms with van der Waals surface area (Å²) in [5, 5.41) is 2.62. The number of nitrogens with one attached hydrogen (secondary N) is 2. The molecule has 16 heteroatoms. The first-order chi connectivity index (χ1) is 20.4. The number of methoxy groups -OCH3 is 1. The molecule has 3 aromatic rings. The number of ether oxygens (including phenoxy) is 4. The maximum Gasteiger partial charge on any atom is 0.573 e. The minimum Gasteiger partial charge on any atom is -0.453 e. The molecule has 3 heterocycles. The second kappa shape index (κ2) is 14.1. The number of hydrogen-bond donors (Lipinski definition) is 3. The van der Waals surface area contributed by atoms with E-state index in [9.17, 15) is 22.8 Å². The molecule has 246 valence electrons. The second-order valence-electron chi connectivity index (χ2n) is 10.7. The van der Waals surface area contributed by atoms with Crippen LogP contribution < -0.4 is 15.8 Å². The van der Waals surface area contributed by atoms with Gasteiger partial charge in [-0.15, -0.1) is 38.0 Å². The van der Waals surface area contributed by atoms with Crippen molar-refractivity contribution >= 4 is 42.5 Å². The molecular weight excluding hydrogens is 642 g/mol. The Hall–Kier alpha value is -3.72. The van der Waals surface area contributed by atoms with Gasteiger partial charge in [0.2, 0.25) is 5.91 Å². The Morgan fingerprint density at radius 2 is 1.76 bits per heavy atom. The number of imidazole rings is 1. The molecule has 2 aromatic carbocycles. The summed E-state index contributed by atoms with van der Waals surface area (Å²) < 4.78 is 59.7. The first-order valence-corrected chi connectivity index (χ1v) is 13.6. The van der Waals surface area contributed by atoms with E-state index in [4.69, 9.17) is 19.9 Å². The van der Waals surface area contributed by atoms with Crippen LogP contribution in [0, 0.1) is 5.92 Å².